The summed E-state index contributed by atoms with van der Waals surface area (Å²) in [4.78, 5) is 12.3. The molecular formula is C13H8Cl2I2N2O. The van der Waals surface area contributed by atoms with Gasteiger partial charge in [0, 0.05) is 12.2 Å². The van der Waals surface area contributed by atoms with Crippen molar-refractivity contribution in [3.63, 3.8) is 0 Å². The zero-order valence-corrected chi connectivity index (χ0v) is 15.7. The lowest BCUT2D eigenvalue weighted by molar-refractivity contribution is 0.102. The Balaban J connectivity index is 2.35. The number of benzene rings is 2. The van der Waals surface area contributed by atoms with E-state index in [1.165, 1.54) is 0 Å². The molecule has 0 unspecified atom stereocenters. The van der Waals surface area contributed by atoms with Crippen LogP contribution >= 0.6 is 68.4 Å². The minimum absolute atomic E-state index is 0.317. The summed E-state index contributed by atoms with van der Waals surface area (Å²) in [5.41, 5.74) is 7.26. The van der Waals surface area contributed by atoms with E-state index in [2.05, 4.69) is 50.5 Å². The summed E-state index contributed by atoms with van der Waals surface area (Å²) in [6.45, 7) is 0. The van der Waals surface area contributed by atoms with Crippen LogP contribution in [0.2, 0.25) is 10.0 Å². The van der Waals surface area contributed by atoms with Crippen LogP contribution in [0.15, 0.2) is 30.3 Å². The van der Waals surface area contributed by atoms with Crippen molar-refractivity contribution in [2.45, 2.75) is 0 Å². The van der Waals surface area contributed by atoms with Crippen LogP contribution < -0.4 is 11.1 Å². The van der Waals surface area contributed by atoms with Gasteiger partial charge in [0.1, 0.15) is 0 Å². The highest BCUT2D eigenvalue weighted by Crippen LogP contribution is 2.28. The quantitative estimate of drug-likeness (QED) is 0.421. The van der Waals surface area contributed by atoms with E-state index in [0.29, 0.717) is 27.0 Å². The molecule has 0 radical (unpaired) electrons. The number of nitrogens with two attached hydrogens (primary N) is 1. The van der Waals surface area contributed by atoms with Crippen molar-refractivity contribution in [3.05, 3.63) is 53.1 Å². The lowest BCUT2D eigenvalue weighted by atomic mass is 10.1. The van der Waals surface area contributed by atoms with E-state index in [-0.39, 0.29) is 5.91 Å². The van der Waals surface area contributed by atoms with Gasteiger partial charge in [-0.2, -0.15) is 0 Å². The molecule has 2 aromatic carbocycles. The van der Waals surface area contributed by atoms with Crippen molar-refractivity contribution in [1.29, 1.82) is 0 Å². The first-order valence-electron chi connectivity index (χ1n) is 5.39. The second-order valence-corrected chi connectivity index (χ2v) is 7.18. The molecule has 0 heterocycles. The van der Waals surface area contributed by atoms with Crippen LogP contribution in [0.1, 0.15) is 10.4 Å². The number of amides is 1. The normalized spacial score (nSPS) is 10.4. The molecule has 0 aliphatic rings. The van der Waals surface area contributed by atoms with Gasteiger partial charge in [-0.3, -0.25) is 4.79 Å². The molecule has 0 atom stereocenters. The van der Waals surface area contributed by atoms with Crippen LogP contribution in [0.3, 0.4) is 0 Å². The first-order valence-corrected chi connectivity index (χ1v) is 8.30. The maximum atomic E-state index is 12.3. The summed E-state index contributed by atoms with van der Waals surface area (Å²) in [6.07, 6.45) is 0. The molecule has 2 rings (SSSR count). The summed E-state index contributed by atoms with van der Waals surface area (Å²) < 4.78 is 1.76. The lowest BCUT2D eigenvalue weighted by Gasteiger charge is -2.11. The predicted molar refractivity (Wildman–Crippen MR) is 101 cm³/mol. The smallest absolute Gasteiger partial charge is 0.257 e. The number of halogens is 4. The Morgan fingerprint density at radius 1 is 1.15 bits per heavy atom. The van der Waals surface area contributed by atoms with Crippen molar-refractivity contribution < 1.29 is 4.79 Å². The number of carbonyl (C=O) groups excluding carboxylic acids is 1. The molecule has 0 saturated heterocycles. The number of anilines is 2. The summed E-state index contributed by atoms with van der Waals surface area (Å²) >= 11 is 16.1. The van der Waals surface area contributed by atoms with Gasteiger partial charge in [-0.1, -0.05) is 23.2 Å². The Hall–Kier alpha value is -0.250. The fourth-order valence-corrected chi connectivity index (χ4v) is 3.74. The molecule has 0 aliphatic carbocycles. The van der Waals surface area contributed by atoms with E-state index in [4.69, 9.17) is 28.9 Å². The number of hydrogen-bond donors (Lipinski definition) is 2. The van der Waals surface area contributed by atoms with Crippen LogP contribution in [0.25, 0.3) is 0 Å². The third-order valence-electron chi connectivity index (χ3n) is 2.52. The fraction of sp³-hybridized carbons (Fsp3) is 0. The Morgan fingerprint density at radius 2 is 1.85 bits per heavy atom. The lowest BCUT2D eigenvalue weighted by Crippen LogP contribution is -2.15. The minimum atomic E-state index is -0.317. The van der Waals surface area contributed by atoms with Crippen molar-refractivity contribution in [1.82, 2.24) is 0 Å². The molecule has 104 valence electrons. The molecule has 0 bridgehead atoms. The molecule has 2 aromatic rings. The highest BCUT2D eigenvalue weighted by molar-refractivity contribution is 14.1. The van der Waals surface area contributed by atoms with Gasteiger partial charge < -0.3 is 11.1 Å². The SMILES string of the molecule is Nc1c(I)cc(I)cc1C(=O)Nc1cc(Cl)ccc1Cl. The summed E-state index contributed by atoms with van der Waals surface area (Å²) in [7, 11) is 0. The van der Waals surface area contributed by atoms with Crippen LogP contribution in [0.4, 0.5) is 11.4 Å². The molecule has 1 amide bonds. The van der Waals surface area contributed by atoms with Gasteiger partial charge in [0.2, 0.25) is 0 Å². The molecule has 3 nitrogen and oxygen atoms in total. The fourth-order valence-electron chi connectivity index (χ4n) is 1.56. The Morgan fingerprint density at radius 3 is 2.55 bits per heavy atom. The van der Waals surface area contributed by atoms with E-state index >= 15 is 0 Å². The average Bonchev–Trinajstić information content (AvgIpc) is 2.38. The standard InChI is InChI=1S/C13H8Cl2I2N2O/c14-6-1-2-9(15)11(3-6)19-13(20)8-4-7(16)5-10(17)12(8)18/h1-5H,18H2,(H,19,20). The third kappa shape index (κ3) is 3.69. The Labute approximate surface area is 153 Å². The molecule has 0 saturated carbocycles. The number of rotatable bonds is 2. The van der Waals surface area contributed by atoms with Gasteiger partial charge in [-0.15, -0.1) is 0 Å². The van der Waals surface area contributed by atoms with Crippen molar-refractivity contribution in [2.24, 2.45) is 0 Å². The summed E-state index contributed by atoms with van der Waals surface area (Å²) in [5.74, 6) is -0.317. The molecule has 0 aliphatic heterocycles. The highest BCUT2D eigenvalue weighted by Gasteiger charge is 2.15. The topological polar surface area (TPSA) is 55.1 Å². The Bertz CT molecular complexity index is 692. The van der Waals surface area contributed by atoms with Crippen LogP contribution in [0.5, 0.6) is 0 Å². The first kappa shape index (κ1) is 16.1. The molecule has 20 heavy (non-hydrogen) atoms. The third-order valence-corrected chi connectivity index (χ3v) is 4.60. The van der Waals surface area contributed by atoms with Crippen LogP contribution in [-0.2, 0) is 0 Å². The minimum Gasteiger partial charge on any atom is -0.397 e. The van der Waals surface area contributed by atoms with Gasteiger partial charge in [-0.25, -0.2) is 0 Å². The van der Waals surface area contributed by atoms with E-state index in [9.17, 15) is 4.79 Å². The largest absolute Gasteiger partial charge is 0.397 e. The van der Waals surface area contributed by atoms with Crippen LogP contribution in [-0.4, -0.2) is 5.91 Å². The second kappa shape index (κ2) is 6.67. The maximum absolute atomic E-state index is 12.3. The van der Waals surface area contributed by atoms with E-state index in [1.807, 2.05) is 6.07 Å². The van der Waals surface area contributed by atoms with Gasteiger partial charge in [0.05, 0.1) is 22.0 Å². The molecule has 0 fully saturated rings. The molecule has 7 heteroatoms. The monoisotopic (exact) mass is 532 g/mol. The zero-order chi connectivity index (χ0) is 14.9. The maximum Gasteiger partial charge on any atom is 0.257 e. The zero-order valence-electron chi connectivity index (χ0n) is 9.88. The number of hydrogen-bond acceptors (Lipinski definition) is 2. The molecule has 0 aromatic heterocycles. The van der Waals surface area contributed by atoms with Gasteiger partial charge in [0.15, 0.2) is 0 Å². The molecule has 0 spiro atoms. The number of carbonyl (C=O) groups is 1. The second-order valence-electron chi connectivity index (χ2n) is 3.93. The van der Waals surface area contributed by atoms with Crippen molar-refractivity contribution in [3.8, 4) is 0 Å². The van der Waals surface area contributed by atoms with Crippen LogP contribution in [0, 0.1) is 7.14 Å². The number of nitrogens with one attached hydrogen (secondary N) is 1. The summed E-state index contributed by atoms with van der Waals surface area (Å²) in [6, 6.07) is 8.51. The van der Waals surface area contributed by atoms with Gasteiger partial charge in [-0.05, 0) is 75.5 Å². The molecular weight excluding hydrogens is 525 g/mol. The average molecular weight is 533 g/mol. The highest BCUT2D eigenvalue weighted by atomic mass is 127. The first-order chi connectivity index (χ1) is 9.38. The van der Waals surface area contributed by atoms with Crippen molar-refractivity contribution >= 4 is 85.7 Å². The predicted octanol–water partition coefficient (Wildman–Crippen LogP) is 5.04. The van der Waals surface area contributed by atoms with E-state index in [1.54, 1.807) is 24.3 Å². The van der Waals surface area contributed by atoms with E-state index in [0.717, 1.165) is 7.14 Å². The van der Waals surface area contributed by atoms with Gasteiger partial charge in [0.25, 0.3) is 5.91 Å². The van der Waals surface area contributed by atoms with E-state index < -0.39 is 0 Å². The van der Waals surface area contributed by atoms with Gasteiger partial charge >= 0.3 is 0 Å². The number of nitrogen functional groups attached to an aromatic ring is 1. The van der Waals surface area contributed by atoms with Crippen molar-refractivity contribution in [2.75, 3.05) is 11.1 Å². The molecule has 3 N–H and O–H groups in total. The summed E-state index contributed by atoms with van der Waals surface area (Å²) in [5, 5.41) is 3.63. The Kier molecular flexibility index (Phi) is 5.38.